The van der Waals surface area contributed by atoms with Gasteiger partial charge in [-0.25, -0.2) is 4.98 Å². The third kappa shape index (κ3) is 1.66. The molecule has 17 heavy (non-hydrogen) atoms. The number of imidazole rings is 1. The number of aromatic amines is 1. The molecule has 1 aliphatic heterocycles. The third-order valence-electron chi connectivity index (χ3n) is 2.97. The minimum atomic E-state index is -0.337. The predicted molar refractivity (Wildman–Crippen MR) is 61.7 cm³/mol. The summed E-state index contributed by atoms with van der Waals surface area (Å²) in [7, 11) is 0. The number of hydrogen-bond donors (Lipinski definition) is 1. The lowest BCUT2D eigenvalue weighted by atomic mass is 9.97. The number of H-pyrrole nitrogens is 1. The maximum atomic E-state index is 9.26. The van der Waals surface area contributed by atoms with Crippen LogP contribution in [0.4, 0.5) is 0 Å². The van der Waals surface area contributed by atoms with E-state index in [0.717, 1.165) is 24.3 Å². The standard InChI is InChI=1S/C13H11N3O/c14-8-11(13-15-4-5-16-13)9-1-2-12-10(7-9)3-6-17-12/h1-2,4-5,7,11H,3,6H2,(H,15,16). The minimum absolute atomic E-state index is 0.337. The van der Waals surface area contributed by atoms with Crippen LogP contribution in [-0.4, -0.2) is 16.6 Å². The number of aromatic nitrogens is 2. The average Bonchev–Trinajstić information content (AvgIpc) is 2.99. The van der Waals surface area contributed by atoms with E-state index in [-0.39, 0.29) is 5.92 Å². The summed E-state index contributed by atoms with van der Waals surface area (Å²) in [5.41, 5.74) is 2.14. The van der Waals surface area contributed by atoms with E-state index in [1.807, 2.05) is 18.2 Å². The molecule has 1 aromatic carbocycles. The Hall–Kier alpha value is -2.28. The van der Waals surface area contributed by atoms with Crippen LogP contribution in [0.3, 0.4) is 0 Å². The highest BCUT2D eigenvalue weighted by atomic mass is 16.5. The Morgan fingerprint density at radius 1 is 1.47 bits per heavy atom. The van der Waals surface area contributed by atoms with Crippen LogP contribution in [0.25, 0.3) is 0 Å². The molecule has 0 radical (unpaired) electrons. The van der Waals surface area contributed by atoms with Crippen LogP contribution < -0.4 is 4.74 Å². The van der Waals surface area contributed by atoms with Crippen molar-refractivity contribution in [1.82, 2.24) is 9.97 Å². The minimum Gasteiger partial charge on any atom is -0.493 e. The number of nitrogens with zero attached hydrogens (tertiary/aromatic N) is 2. The van der Waals surface area contributed by atoms with Crippen LogP contribution in [0.2, 0.25) is 0 Å². The second-order valence-corrected chi connectivity index (χ2v) is 4.00. The molecule has 1 N–H and O–H groups in total. The van der Waals surface area contributed by atoms with Crippen molar-refractivity contribution in [3.05, 3.63) is 47.5 Å². The highest BCUT2D eigenvalue weighted by Crippen LogP contribution is 2.30. The van der Waals surface area contributed by atoms with Gasteiger partial charge in [0.2, 0.25) is 0 Å². The Labute approximate surface area is 98.9 Å². The van der Waals surface area contributed by atoms with Crippen LogP contribution in [0.5, 0.6) is 5.75 Å². The van der Waals surface area contributed by atoms with Gasteiger partial charge in [0.25, 0.3) is 0 Å². The Bertz CT molecular complexity index is 569. The van der Waals surface area contributed by atoms with Gasteiger partial charge in [0.05, 0.1) is 12.7 Å². The fourth-order valence-electron chi connectivity index (χ4n) is 2.11. The second-order valence-electron chi connectivity index (χ2n) is 4.00. The normalized spacial score (nSPS) is 14.8. The van der Waals surface area contributed by atoms with Gasteiger partial charge in [0.1, 0.15) is 17.5 Å². The Balaban J connectivity index is 2.01. The molecule has 0 saturated heterocycles. The number of benzene rings is 1. The molecule has 1 aliphatic rings. The van der Waals surface area contributed by atoms with Gasteiger partial charge in [-0.05, 0) is 17.2 Å². The van der Waals surface area contributed by atoms with Crippen molar-refractivity contribution < 1.29 is 4.74 Å². The predicted octanol–water partition coefficient (Wildman–Crippen LogP) is 2.00. The van der Waals surface area contributed by atoms with Gasteiger partial charge in [-0.15, -0.1) is 0 Å². The molecule has 1 atom stereocenters. The first-order valence-corrected chi connectivity index (χ1v) is 5.53. The summed E-state index contributed by atoms with van der Waals surface area (Å²) in [6.45, 7) is 0.733. The molecular formula is C13H11N3O. The fraction of sp³-hybridized carbons (Fsp3) is 0.231. The molecule has 0 bridgehead atoms. The summed E-state index contributed by atoms with van der Waals surface area (Å²) in [6.07, 6.45) is 4.31. The van der Waals surface area contributed by atoms with Gasteiger partial charge in [-0.1, -0.05) is 12.1 Å². The van der Waals surface area contributed by atoms with Crippen molar-refractivity contribution in [2.75, 3.05) is 6.61 Å². The average molecular weight is 225 g/mol. The topological polar surface area (TPSA) is 61.7 Å². The SMILES string of the molecule is N#CC(c1ccc2c(c1)CCO2)c1ncc[nH]1. The summed E-state index contributed by atoms with van der Waals surface area (Å²) in [5, 5.41) is 9.26. The molecule has 4 heteroatoms. The Morgan fingerprint density at radius 2 is 2.41 bits per heavy atom. The van der Waals surface area contributed by atoms with Crippen LogP contribution >= 0.6 is 0 Å². The summed E-state index contributed by atoms with van der Waals surface area (Å²) < 4.78 is 5.45. The summed E-state index contributed by atoms with van der Waals surface area (Å²) >= 11 is 0. The number of nitrogens with one attached hydrogen (secondary N) is 1. The van der Waals surface area contributed by atoms with Gasteiger partial charge >= 0.3 is 0 Å². The number of rotatable bonds is 2. The van der Waals surface area contributed by atoms with Crippen molar-refractivity contribution in [2.24, 2.45) is 0 Å². The smallest absolute Gasteiger partial charge is 0.129 e. The number of nitriles is 1. The van der Waals surface area contributed by atoms with Crippen molar-refractivity contribution in [3.63, 3.8) is 0 Å². The quantitative estimate of drug-likeness (QED) is 0.850. The molecule has 84 valence electrons. The zero-order chi connectivity index (χ0) is 11.7. The zero-order valence-corrected chi connectivity index (χ0v) is 9.18. The molecule has 1 aromatic heterocycles. The Kier molecular flexibility index (Phi) is 2.30. The van der Waals surface area contributed by atoms with Crippen molar-refractivity contribution >= 4 is 0 Å². The van der Waals surface area contributed by atoms with Crippen LogP contribution in [0.15, 0.2) is 30.6 Å². The molecule has 0 saturated carbocycles. The monoisotopic (exact) mass is 225 g/mol. The molecular weight excluding hydrogens is 214 g/mol. The van der Waals surface area contributed by atoms with E-state index in [4.69, 9.17) is 4.74 Å². The lowest BCUT2D eigenvalue weighted by Gasteiger charge is -2.08. The van der Waals surface area contributed by atoms with Crippen molar-refractivity contribution in [1.29, 1.82) is 5.26 Å². The van der Waals surface area contributed by atoms with Crippen LogP contribution in [0, 0.1) is 11.3 Å². The first kappa shape index (κ1) is 9.91. The molecule has 4 nitrogen and oxygen atoms in total. The maximum Gasteiger partial charge on any atom is 0.129 e. The first-order chi connectivity index (χ1) is 8.38. The second kappa shape index (κ2) is 3.95. The van der Waals surface area contributed by atoms with Gasteiger partial charge in [-0.2, -0.15) is 5.26 Å². The molecule has 0 aliphatic carbocycles. The van der Waals surface area contributed by atoms with Crippen LogP contribution in [-0.2, 0) is 6.42 Å². The van der Waals surface area contributed by atoms with E-state index in [1.165, 1.54) is 5.56 Å². The molecule has 0 spiro atoms. The third-order valence-corrected chi connectivity index (χ3v) is 2.97. The summed E-state index contributed by atoms with van der Waals surface area (Å²) in [4.78, 5) is 7.14. The molecule has 3 rings (SSSR count). The van der Waals surface area contributed by atoms with E-state index < -0.39 is 0 Å². The van der Waals surface area contributed by atoms with Crippen molar-refractivity contribution in [2.45, 2.75) is 12.3 Å². The molecule has 2 heterocycles. The van der Waals surface area contributed by atoms with Gasteiger partial charge < -0.3 is 9.72 Å². The Morgan fingerprint density at radius 3 is 3.18 bits per heavy atom. The molecule has 0 fully saturated rings. The van der Waals surface area contributed by atoms with E-state index in [9.17, 15) is 5.26 Å². The number of ether oxygens (including phenoxy) is 1. The van der Waals surface area contributed by atoms with E-state index in [1.54, 1.807) is 12.4 Å². The molecule has 1 unspecified atom stereocenters. The number of hydrogen-bond acceptors (Lipinski definition) is 3. The van der Waals surface area contributed by atoms with E-state index in [0.29, 0.717) is 5.82 Å². The zero-order valence-electron chi connectivity index (χ0n) is 9.18. The lowest BCUT2D eigenvalue weighted by molar-refractivity contribution is 0.357. The van der Waals surface area contributed by atoms with E-state index in [2.05, 4.69) is 16.0 Å². The van der Waals surface area contributed by atoms with Gasteiger partial charge in [0, 0.05) is 18.8 Å². The maximum absolute atomic E-state index is 9.26. The summed E-state index contributed by atoms with van der Waals surface area (Å²) in [6, 6.07) is 8.18. The molecule has 2 aromatic rings. The largest absolute Gasteiger partial charge is 0.493 e. The molecule has 0 amide bonds. The van der Waals surface area contributed by atoms with Gasteiger partial charge in [-0.3, -0.25) is 0 Å². The fourth-order valence-corrected chi connectivity index (χ4v) is 2.11. The number of fused-ring (bicyclic) bond motifs is 1. The van der Waals surface area contributed by atoms with Crippen molar-refractivity contribution in [3.8, 4) is 11.8 Å². The first-order valence-electron chi connectivity index (χ1n) is 5.53. The highest BCUT2D eigenvalue weighted by Gasteiger charge is 2.19. The highest BCUT2D eigenvalue weighted by molar-refractivity contribution is 5.43. The lowest BCUT2D eigenvalue weighted by Crippen LogP contribution is -2.00. The van der Waals surface area contributed by atoms with E-state index >= 15 is 0 Å². The van der Waals surface area contributed by atoms with Crippen LogP contribution in [0.1, 0.15) is 22.9 Å². The van der Waals surface area contributed by atoms with Gasteiger partial charge in [0.15, 0.2) is 0 Å². The summed E-state index contributed by atoms with van der Waals surface area (Å²) in [5.74, 6) is 1.28.